The molecule has 0 unspecified atom stereocenters. The number of benzene rings is 1. The lowest BCUT2D eigenvalue weighted by Gasteiger charge is -1.95. The molecule has 0 heterocycles. The molecule has 0 spiro atoms. The quantitative estimate of drug-likeness (QED) is 0.369. The molecule has 0 aliphatic rings. The van der Waals surface area contributed by atoms with E-state index in [-0.39, 0.29) is 5.04 Å². The van der Waals surface area contributed by atoms with E-state index < -0.39 is 0 Å². The monoisotopic (exact) mass is 153 g/mol. The number of hydrogen-bond donors (Lipinski definition) is 2. The Balaban J connectivity index is 2.85. The van der Waals surface area contributed by atoms with E-state index in [4.69, 9.17) is 9.96 Å². The van der Waals surface area contributed by atoms with Gasteiger partial charge < -0.3 is 4.55 Å². The predicted octanol–water partition coefficient (Wildman–Crippen LogP) is 2.22. The van der Waals surface area contributed by atoms with Gasteiger partial charge in [0.1, 0.15) is 5.04 Å². The molecular weight excluding hydrogens is 146 g/mol. The molecule has 10 heavy (non-hydrogen) atoms. The van der Waals surface area contributed by atoms with Gasteiger partial charge in [0.2, 0.25) is 0 Å². The SMILES string of the molecule is N=C(SO)c1ccccc1. The van der Waals surface area contributed by atoms with Crippen molar-refractivity contribution in [3.8, 4) is 0 Å². The lowest BCUT2D eigenvalue weighted by atomic mass is 10.2. The molecule has 0 saturated heterocycles. The minimum absolute atomic E-state index is 0.181. The third-order valence-corrected chi connectivity index (χ3v) is 1.55. The molecule has 0 aromatic heterocycles. The molecule has 0 aliphatic carbocycles. The van der Waals surface area contributed by atoms with Crippen LogP contribution < -0.4 is 0 Å². The van der Waals surface area contributed by atoms with Gasteiger partial charge in [-0.1, -0.05) is 30.3 Å². The van der Waals surface area contributed by atoms with Crippen molar-refractivity contribution in [1.29, 1.82) is 5.41 Å². The lowest BCUT2D eigenvalue weighted by molar-refractivity contribution is 0.673. The molecule has 0 fully saturated rings. The van der Waals surface area contributed by atoms with Crippen LogP contribution in [0.2, 0.25) is 0 Å². The van der Waals surface area contributed by atoms with E-state index >= 15 is 0 Å². The van der Waals surface area contributed by atoms with E-state index in [2.05, 4.69) is 0 Å². The highest BCUT2D eigenvalue weighted by molar-refractivity contribution is 8.09. The van der Waals surface area contributed by atoms with Gasteiger partial charge in [0.25, 0.3) is 0 Å². The van der Waals surface area contributed by atoms with Crippen molar-refractivity contribution in [2.45, 2.75) is 0 Å². The maximum Gasteiger partial charge on any atom is 0.122 e. The van der Waals surface area contributed by atoms with Crippen molar-refractivity contribution in [1.82, 2.24) is 0 Å². The van der Waals surface area contributed by atoms with E-state index in [1.54, 1.807) is 12.1 Å². The van der Waals surface area contributed by atoms with E-state index in [0.29, 0.717) is 12.0 Å². The van der Waals surface area contributed by atoms with Gasteiger partial charge in [-0.25, -0.2) is 0 Å². The molecule has 2 N–H and O–H groups in total. The summed E-state index contributed by atoms with van der Waals surface area (Å²) < 4.78 is 8.48. The second-order valence-corrected chi connectivity index (χ2v) is 2.38. The Kier molecular flexibility index (Phi) is 2.48. The Morgan fingerprint density at radius 2 is 1.90 bits per heavy atom. The zero-order valence-corrected chi connectivity index (χ0v) is 6.06. The standard InChI is InChI=1S/C7H7NOS/c8-7(10-9)6-4-2-1-3-5-6/h1-5,8-9H. The van der Waals surface area contributed by atoms with Crippen molar-refractivity contribution in [3.05, 3.63) is 35.9 Å². The van der Waals surface area contributed by atoms with Crippen molar-refractivity contribution in [2.75, 3.05) is 0 Å². The van der Waals surface area contributed by atoms with Gasteiger partial charge in [0.05, 0.1) is 0 Å². The highest BCUT2D eigenvalue weighted by Crippen LogP contribution is 2.07. The highest BCUT2D eigenvalue weighted by atomic mass is 32.2. The van der Waals surface area contributed by atoms with Gasteiger partial charge in [-0.3, -0.25) is 5.41 Å². The summed E-state index contributed by atoms with van der Waals surface area (Å²) in [5, 5.41) is 7.37. The number of hydrogen-bond acceptors (Lipinski definition) is 3. The topological polar surface area (TPSA) is 44.1 Å². The third kappa shape index (κ3) is 1.59. The molecule has 52 valence electrons. The Morgan fingerprint density at radius 1 is 1.30 bits per heavy atom. The normalized spacial score (nSPS) is 9.30. The van der Waals surface area contributed by atoms with Crippen molar-refractivity contribution >= 4 is 17.1 Å². The first-order valence-electron chi connectivity index (χ1n) is 2.80. The second-order valence-electron chi connectivity index (χ2n) is 1.79. The zero-order chi connectivity index (χ0) is 7.40. The van der Waals surface area contributed by atoms with E-state index in [0.717, 1.165) is 5.56 Å². The van der Waals surface area contributed by atoms with Gasteiger partial charge >= 0.3 is 0 Å². The van der Waals surface area contributed by atoms with Crippen molar-refractivity contribution in [3.63, 3.8) is 0 Å². The van der Waals surface area contributed by atoms with Crippen LogP contribution in [0, 0.1) is 5.41 Å². The molecule has 2 nitrogen and oxygen atoms in total. The molecule has 1 rings (SSSR count). The van der Waals surface area contributed by atoms with Gasteiger partial charge in [-0.15, -0.1) is 0 Å². The van der Waals surface area contributed by atoms with Crippen molar-refractivity contribution < 1.29 is 4.55 Å². The molecular formula is C7H7NOS. The number of rotatable bonds is 1. The predicted molar refractivity (Wildman–Crippen MR) is 43.5 cm³/mol. The summed E-state index contributed by atoms with van der Waals surface area (Å²) >= 11 is 0.461. The molecule has 3 heteroatoms. The van der Waals surface area contributed by atoms with E-state index in [9.17, 15) is 0 Å². The van der Waals surface area contributed by atoms with Crippen molar-refractivity contribution in [2.24, 2.45) is 0 Å². The molecule has 0 amide bonds. The van der Waals surface area contributed by atoms with Crippen LogP contribution in [0.25, 0.3) is 0 Å². The summed E-state index contributed by atoms with van der Waals surface area (Å²) in [5.74, 6) is 0. The summed E-state index contributed by atoms with van der Waals surface area (Å²) in [5.41, 5.74) is 0.745. The van der Waals surface area contributed by atoms with Crippen LogP contribution in [-0.2, 0) is 0 Å². The summed E-state index contributed by atoms with van der Waals surface area (Å²) in [6, 6.07) is 9.11. The van der Waals surface area contributed by atoms with E-state index in [1.165, 1.54) is 0 Å². The fourth-order valence-corrected chi connectivity index (χ4v) is 0.884. The molecule has 0 atom stereocenters. The maximum absolute atomic E-state index is 8.48. The lowest BCUT2D eigenvalue weighted by Crippen LogP contribution is -1.89. The maximum atomic E-state index is 8.48. The summed E-state index contributed by atoms with van der Waals surface area (Å²) in [6.07, 6.45) is 0. The fourth-order valence-electron chi connectivity index (χ4n) is 0.642. The third-order valence-electron chi connectivity index (χ3n) is 1.13. The van der Waals surface area contributed by atoms with Crippen LogP contribution in [0.5, 0.6) is 0 Å². The Morgan fingerprint density at radius 3 is 2.40 bits per heavy atom. The number of nitrogens with one attached hydrogen (secondary N) is 1. The summed E-state index contributed by atoms with van der Waals surface area (Å²) in [6.45, 7) is 0. The van der Waals surface area contributed by atoms with Gasteiger partial charge in [0, 0.05) is 17.6 Å². The molecule has 0 saturated carbocycles. The first-order chi connectivity index (χ1) is 4.84. The zero-order valence-electron chi connectivity index (χ0n) is 5.24. The molecule has 1 aromatic rings. The van der Waals surface area contributed by atoms with Crippen LogP contribution >= 0.6 is 12.0 Å². The molecule has 0 bridgehead atoms. The smallest absolute Gasteiger partial charge is 0.122 e. The van der Waals surface area contributed by atoms with Gasteiger partial charge in [-0.05, 0) is 0 Å². The Bertz CT molecular complexity index is 222. The first-order valence-corrected chi connectivity index (χ1v) is 3.57. The van der Waals surface area contributed by atoms with Crippen LogP contribution in [0.1, 0.15) is 5.56 Å². The highest BCUT2D eigenvalue weighted by Gasteiger charge is 1.96. The van der Waals surface area contributed by atoms with Gasteiger partial charge in [0.15, 0.2) is 0 Å². The second kappa shape index (κ2) is 3.39. The minimum Gasteiger partial charge on any atom is -0.324 e. The molecule has 0 aliphatic heterocycles. The minimum atomic E-state index is 0.181. The van der Waals surface area contributed by atoms with Gasteiger partial charge in [-0.2, -0.15) is 0 Å². The molecule has 0 radical (unpaired) electrons. The van der Waals surface area contributed by atoms with E-state index in [1.807, 2.05) is 18.2 Å². The molecule has 1 aromatic carbocycles. The summed E-state index contributed by atoms with van der Waals surface area (Å²) in [4.78, 5) is 0. The van der Waals surface area contributed by atoms with Crippen LogP contribution in [0.15, 0.2) is 30.3 Å². The average molecular weight is 153 g/mol. The fraction of sp³-hybridized carbons (Fsp3) is 0. The van der Waals surface area contributed by atoms with Crippen LogP contribution in [0.4, 0.5) is 0 Å². The first kappa shape index (κ1) is 7.31. The van der Waals surface area contributed by atoms with Crippen LogP contribution in [0.3, 0.4) is 0 Å². The summed E-state index contributed by atoms with van der Waals surface area (Å²) in [7, 11) is 0. The Labute approximate surface area is 63.6 Å². The Hall–Kier alpha value is -0.800. The largest absolute Gasteiger partial charge is 0.324 e. The van der Waals surface area contributed by atoms with Crippen LogP contribution in [-0.4, -0.2) is 9.60 Å². The average Bonchev–Trinajstić information content (AvgIpc) is 2.05.